The highest BCUT2D eigenvalue weighted by Gasteiger charge is 2.72. The van der Waals surface area contributed by atoms with Crippen molar-refractivity contribution >= 4 is 17.7 Å². The molecule has 8 heteroatoms. The molecule has 8 nitrogen and oxygen atoms in total. The first-order valence-corrected chi connectivity index (χ1v) is 12.3. The summed E-state index contributed by atoms with van der Waals surface area (Å²) in [6.07, 6.45) is 2.48. The molecule has 5 rings (SSSR count). The van der Waals surface area contributed by atoms with E-state index in [1.807, 2.05) is 6.92 Å². The molecule has 2 N–H and O–H groups in total. The number of esters is 2. The van der Waals surface area contributed by atoms with Crippen molar-refractivity contribution in [2.75, 3.05) is 7.11 Å². The van der Waals surface area contributed by atoms with Crippen LogP contribution >= 0.6 is 0 Å². The molecule has 0 aromatic carbocycles. The molecule has 0 unspecified atom stereocenters. The van der Waals surface area contributed by atoms with Gasteiger partial charge in [-0.05, 0) is 41.7 Å². The summed E-state index contributed by atoms with van der Waals surface area (Å²) in [6.45, 7) is 7.49. The molecule has 2 bridgehead atoms. The van der Waals surface area contributed by atoms with Crippen LogP contribution in [0.4, 0.5) is 0 Å². The Morgan fingerprint density at radius 2 is 1.94 bits per heavy atom. The van der Waals surface area contributed by atoms with Gasteiger partial charge in [-0.2, -0.15) is 0 Å². The average Bonchev–Trinajstić information content (AvgIpc) is 3.34. The summed E-state index contributed by atoms with van der Waals surface area (Å²) in [5, 5.41) is 23.2. The van der Waals surface area contributed by atoms with Crippen LogP contribution in [-0.4, -0.2) is 46.7 Å². The van der Waals surface area contributed by atoms with Crippen molar-refractivity contribution in [2.45, 2.75) is 77.6 Å². The monoisotopic (exact) mass is 486 g/mol. The second-order valence-corrected chi connectivity index (χ2v) is 11.9. The normalized spacial score (nSPS) is 42.1. The highest BCUT2D eigenvalue weighted by molar-refractivity contribution is 5.97. The van der Waals surface area contributed by atoms with Crippen LogP contribution in [0, 0.1) is 28.1 Å². The highest BCUT2D eigenvalue weighted by atomic mass is 16.5. The van der Waals surface area contributed by atoms with E-state index in [0.29, 0.717) is 12.8 Å². The lowest BCUT2D eigenvalue weighted by Gasteiger charge is -2.65. The fourth-order valence-corrected chi connectivity index (χ4v) is 8.07. The fourth-order valence-electron chi connectivity index (χ4n) is 8.07. The lowest BCUT2D eigenvalue weighted by atomic mass is 9.39. The third-order valence-electron chi connectivity index (χ3n) is 9.89. The fraction of sp³-hybridized carbons (Fsp3) is 0.667. The van der Waals surface area contributed by atoms with Crippen molar-refractivity contribution in [1.29, 1.82) is 0 Å². The standard InChI is InChI=1S/C27H34O8/c1-24(2)18(11-19(28)33-5)26(4)16-6-8-25(3)17(15(16)12-27(32,22(24)30)23(26)31)10-20(29)35-21(25)14-7-9-34-13-14/h7,9,13,16,18,21-22,30,32H,6,8,10-12H2,1-5H3/t16-,18+,21+,22-,25+,26-,27-/m1/s1. The van der Waals surface area contributed by atoms with Crippen molar-refractivity contribution < 1.29 is 38.5 Å². The Bertz CT molecular complexity index is 1120. The van der Waals surface area contributed by atoms with Crippen LogP contribution in [0.1, 0.15) is 71.5 Å². The van der Waals surface area contributed by atoms with E-state index < -0.39 is 51.7 Å². The number of Topliss-reactive ketones (excluding diaryl/α,β-unsaturated/α-hetero) is 1. The van der Waals surface area contributed by atoms with E-state index in [2.05, 4.69) is 6.92 Å². The van der Waals surface area contributed by atoms with Gasteiger partial charge < -0.3 is 24.1 Å². The molecular formula is C27H34O8. The molecule has 35 heavy (non-hydrogen) atoms. The summed E-state index contributed by atoms with van der Waals surface area (Å²) in [5.41, 5.74) is -2.10. The summed E-state index contributed by atoms with van der Waals surface area (Å²) >= 11 is 0. The smallest absolute Gasteiger partial charge is 0.310 e. The van der Waals surface area contributed by atoms with Crippen LogP contribution in [0.2, 0.25) is 0 Å². The lowest BCUT2D eigenvalue weighted by Crippen LogP contribution is -2.74. The Morgan fingerprint density at radius 3 is 2.57 bits per heavy atom. The van der Waals surface area contributed by atoms with E-state index in [4.69, 9.17) is 13.9 Å². The van der Waals surface area contributed by atoms with Crippen molar-refractivity contribution in [3.8, 4) is 0 Å². The van der Waals surface area contributed by atoms with Crippen molar-refractivity contribution in [1.82, 2.24) is 0 Å². The Morgan fingerprint density at radius 1 is 1.23 bits per heavy atom. The van der Waals surface area contributed by atoms with E-state index >= 15 is 0 Å². The van der Waals surface area contributed by atoms with Gasteiger partial charge in [0.1, 0.15) is 6.10 Å². The first-order valence-electron chi connectivity index (χ1n) is 12.3. The van der Waals surface area contributed by atoms with Gasteiger partial charge in [0.25, 0.3) is 0 Å². The first-order chi connectivity index (χ1) is 16.3. The van der Waals surface area contributed by atoms with Crippen LogP contribution in [0.3, 0.4) is 0 Å². The Labute approximate surface area is 204 Å². The molecule has 0 spiro atoms. The molecule has 3 aliphatic carbocycles. The van der Waals surface area contributed by atoms with E-state index in [-0.39, 0.29) is 31.1 Å². The molecule has 190 valence electrons. The van der Waals surface area contributed by atoms with Gasteiger partial charge in [-0.1, -0.05) is 33.3 Å². The van der Waals surface area contributed by atoms with Gasteiger partial charge in [-0.3, -0.25) is 14.4 Å². The van der Waals surface area contributed by atoms with E-state index in [1.54, 1.807) is 32.4 Å². The number of cyclic esters (lactones) is 1. The number of rotatable bonds is 3. The van der Waals surface area contributed by atoms with Gasteiger partial charge in [-0.15, -0.1) is 0 Å². The predicted molar refractivity (Wildman–Crippen MR) is 123 cm³/mol. The van der Waals surface area contributed by atoms with Crippen LogP contribution < -0.4 is 0 Å². The van der Waals surface area contributed by atoms with Crippen molar-refractivity contribution in [3.05, 3.63) is 35.3 Å². The van der Waals surface area contributed by atoms with Crippen LogP contribution in [-0.2, 0) is 23.9 Å². The zero-order valence-corrected chi connectivity index (χ0v) is 20.9. The number of carbonyl (C=O) groups excluding carboxylic acids is 3. The van der Waals surface area contributed by atoms with Crippen molar-refractivity contribution in [3.63, 3.8) is 0 Å². The van der Waals surface area contributed by atoms with Gasteiger partial charge >= 0.3 is 11.9 Å². The molecule has 0 radical (unpaired) electrons. The Kier molecular flexibility index (Phi) is 5.22. The molecule has 1 aliphatic heterocycles. The zero-order chi connectivity index (χ0) is 25.6. The Hall–Kier alpha value is -2.45. The maximum Gasteiger partial charge on any atom is 0.310 e. The van der Waals surface area contributed by atoms with Crippen LogP contribution in [0.15, 0.2) is 34.2 Å². The van der Waals surface area contributed by atoms with E-state index in [0.717, 1.165) is 16.7 Å². The highest BCUT2D eigenvalue weighted by Crippen LogP contribution is 2.68. The number of hydrogen-bond acceptors (Lipinski definition) is 8. The Balaban J connectivity index is 1.71. The molecule has 1 saturated heterocycles. The minimum absolute atomic E-state index is 0.0298. The van der Waals surface area contributed by atoms with Gasteiger partial charge in [-0.25, -0.2) is 0 Å². The number of carbonyl (C=O) groups is 3. The average molecular weight is 487 g/mol. The van der Waals surface area contributed by atoms with Crippen LogP contribution in [0.25, 0.3) is 0 Å². The van der Waals surface area contributed by atoms with Gasteiger partial charge in [0, 0.05) is 29.2 Å². The first kappa shape index (κ1) is 24.3. The SMILES string of the molecule is COC(=O)C[C@H]1C(C)(C)[C@@H](O)[C@]2(O)CC3=C4CC(=O)O[C@@H](c5ccoc5)[C@@]4(C)CC[C@H]3[C@@]1(C)C2=O. The molecule has 2 heterocycles. The summed E-state index contributed by atoms with van der Waals surface area (Å²) in [4.78, 5) is 39.2. The zero-order valence-electron chi connectivity index (χ0n) is 20.9. The quantitative estimate of drug-likeness (QED) is 0.493. The van der Waals surface area contributed by atoms with Crippen molar-refractivity contribution in [2.24, 2.45) is 28.1 Å². The minimum Gasteiger partial charge on any atom is -0.472 e. The summed E-state index contributed by atoms with van der Waals surface area (Å²) in [5.74, 6) is -2.08. The number of aliphatic hydroxyl groups is 2. The molecule has 4 aliphatic rings. The third-order valence-corrected chi connectivity index (χ3v) is 9.89. The molecular weight excluding hydrogens is 452 g/mol. The number of hydrogen-bond donors (Lipinski definition) is 2. The number of fused-ring (bicyclic) bond motifs is 5. The molecule has 3 fully saturated rings. The summed E-state index contributed by atoms with van der Waals surface area (Å²) in [7, 11) is 1.30. The van der Waals surface area contributed by atoms with E-state index in [9.17, 15) is 24.6 Å². The number of ketones is 1. The maximum absolute atomic E-state index is 14.0. The largest absolute Gasteiger partial charge is 0.472 e. The number of ether oxygens (including phenoxy) is 2. The number of furan rings is 1. The van der Waals surface area contributed by atoms with Gasteiger partial charge in [0.05, 0.1) is 32.2 Å². The molecule has 1 aromatic heterocycles. The molecule has 1 aromatic rings. The number of methoxy groups -OCH3 is 1. The molecule has 7 atom stereocenters. The minimum atomic E-state index is -2.01. The van der Waals surface area contributed by atoms with Gasteiger partial charge in [0.15, 0.2) is 11.4 Å². The predicted octanol–water partition coefficient (Wildman–Crippen LogP) is 3.27. The third kappa shape index (κ3) is 3.02. The molecule has 0 amide bonds. The van der Waals surface area contributed by atoms with Gasteiger partial charge in [0.2, 0.25) is 0 Å². The second-order valence-electron chi connectivity index (χ2n) is 11.9. The number of aliphatic hydroxyl groups excluding tert-OH is 1. The topological polar surface area (TPSA) is 123 Å². The van der Waals surface area contributed by atoms with E-state index in [1.165, 1.54) is 7.11 Å². The van der Waals surface area contributed by atoms with Crippen LogP contribution in [0.5, 0.6) is 0 Å². The summed E-state index contributed by atoms with van der Waals surface area (Å²) in [6, 6.07) is 1.79. The second kappa shape index (κ2) is 7.53. The lowest BCUT2D eigenvalue weighted by molar-refractivity contribution is -0.226. The summed E-state index contributed by atoms with van der Waals surface area (Å²) < 4.78 is 16.0. The maximum atomic E-state index is 14.0. The molecule has 2 saturated carbocycles.